The Kier molecular flexibility index (Phi) is 7.41. The average molecular weight is 255 g/mol. The second kappa shape index (κ2) is 7.09. The van der Waals surface area contributed by atoms with Crippen LogP contribution in [0.25, 0.3) is 0 Å². The first-order valence-electron chi connectivity index (χ1n) is 6.44. The van der Waals surface area contributed by atoms with Crippen molar-refractivity contribution < 1.29 is 4.89 Å². The van der Waals surface area contributed by atoms with Gasteiger partial charge in [0.2, 0.25) is 0 Å². The fraction of sp³-hybridized carbons (Fsp3) is 1.00. The zero-order valence-electron chi connectivity index (χ0n) is 10.6. The quantitative estimate of drug-likeness (QED) is 0.574. The van der Waals surface area contributed by atoms with Gasteiger partial charge in [0, 0.05) is 0 Å². The monoisotopic (exact) mass is 254 g/mol. The third kappa shape index (κ3) is 6.76. The molecule has 0 spiro atoms. The van der Waals surface area contributed by atoms with Gasteiger partial charge < -0.3 is 0 Å². The summed E-state index contributed by atoms with van der Waals surface area (Å²) >= 11 is 6.62. The summed E-state index contributed by atoms with van der Waals surface area (Å²) in [6, 6.07) is 0. The molecule has 0 heterocycles. The summed E-state index contributed by atoms with van der Waals surface area (Å²) in [4.78, 5) is 10.8. The average Bonchev–Trinajstić information content (AvgIpc) is 2.22. The molecule has 0 aliphatic heterocycles. The predicted molar refractivity (Wildman–Crippen MR) is 74.3 cm³/mol. The molecule has 0 radical (unpaired) electrons. The fourth-order valence-corrected chi connectivity index (χ4v) is 6.69. The first-order valence-corrected chi connectivity index (χ1v) is 10.1. The summed E-state index contributed by atoms with van der Waals surface area (Å²) in [5.41, 5.74) is 0. The van der Waals surface area contributed by atoms with Gasteiger partial charge in [-0.05, 0) is 0 Å². The first-order chi connectivity index (χ1) is 6.96. The first kappa shape index (κ1) is 15.7. The van der Waals surface area contributed by atoms with E-state index in [1.807, 2.05) is 0 Å². The van der Waals surface area contributed by atoms with E-state index in [4.69, 9.17) is 11.2 Å². The molecule has 94 valence electrons. The Balaban J connectivity index is 4.33. The second-order valence-corrected chi connectivity index (χ2v) is 11.8. The van der Waals surface area contributed by atoms with Crippen LogP contribution in [0.5, 0.6) is 0 Å². The van der Waals surface area contributed by atoms with Crippen molar-refractivity contribution in [3.05, 3.63) is 0 Å². The van der Waals surface area contributed by atoms with Crippen molar-refractivity contribution in [2.45, 2.75) is 59.3 Å². The number of hydrogen-bond acceptors (Lipinski definition) is 1. The summed E-state index contributed by atoms with van der Waals surface area (Å²) < 4.78 is 0. The third-order valence-corrected chi connectivity index (χ3v) is 8.51. The molecule has 0 aromatic rings. The molecule has 0 saturated heterocycles. The molecule has 0 rings (SSSR count). The van der Waals surface area contributed by atoms with Crippen LogP contribution < -0.4 is 0 Å². The van der Waals surface area contributed by atoms with Crippen molar-refractivity contribution in [2.24, 2.45) is 0 Å². The molecule has 0 unspecified atom stereocenters. The second-order valence-electron chi connectivity index (χ2n) is 4.76. The van der Waals surface area contributed by atoms with Gasteiger partial charge >= 0.3 is 100 Å². The fourth-order valence-electron chi connectivity index (χ4n) is 1.87. The van der Waals surface area contributed by atoms with E-state index >= 15 is 0 Å². The van der Waals surface area contributed by atoms with Crippen LogP contribution in [0, 0.1) is 0 Å². The number of hydrogen-bond donors (Lipinski definition) is 1. The van der Waals surface area contributed by atoms with E-state index in [2.05, 4.69) is 20.8 Å². The summed E-state index contributed by atoms with van der Waals surface area (Å²) in [6.45, 7) is 6.48. The van der Waals surface area contributed by atoms with Gasteiger partial charge in [0.15, 0.2) is 0 Å². The molecule has 0 fully saturated rings. The van der Waals surface area contributed by atoms with Gasteiger partial charge in [-0.1, -0.05) is 0 Å². The Labute approximate surface area is 100 Å². The van der Waals surface area contributed by atoms with Crippen LogP contribution >= 0.6 is 17.4 Å². The maximum atomic E-state index is 10.8. The SMILES string of the molecule is CCCCP(O)(Cl)(CCCC)CCCC. The van der Waals surface area contributed by atoms with Crippen molar-refractivity contribution in [3.63, 3.8) is 0 Å². The molecule has 0 bridgehead atoms. The van der Waals surface area contributed by atoms with E-state index in [1.54, 1.807) is 0 Å². The molecule has 3 heteroatoms. The topological polar surface area (TPSA) is 20.2 Å². The number of rotatable bonds is 9. The Morgan fingerprint density at radius 2 is 1.07 bits per heavy atom. The molecule has 0 aromatic heterocycles. The Morgan fingerprint density at radius 3 is 1.27 bits per heavy atom. The molecule has 1 N–H and O–H groups in total. The van der Waals surface area contributed by atoms with E-state index in [9.17, 15) is 4.89 Å². The van der Waals surface area contributed by atoms with E-state index in [0.29, 0.717) is 0 Å². The molecule has 0 atom stereocenters. The van der Waals surface area contributed by atoms with Crippen LogP contribution in [-0.2, 0) is 0 Å². The number of halogens is 1. The van der Waals surface area contributed by atoms with Crippen LogP contribution in [-0.4, -0.2) is 23.4 Å². The van der Waals surface area contributed by atoms with Gasteiger partial charge in [0.05, 0.1) is 0 Å². The molecule has 0 aliphatic rings. The molecule has 15 heavy (non-hydrogen) atoms. The Bertz CT molecular complexity index is 142. The summed E-state index contributed by atoms with van der Waals surface area (Å²) in [6.07, 6.45) is 6.39. The molecule has 1 nitrogen and oxygen atoms in total. The molecular weight excluding hydrogens is 227 g/mol. The Morgan fingerprint density at radius 1 is 0.800 bits per heavy atom. The normalized spacial score (nSPS) is 14.9. The van der Waals surface area contributed by atoms with Gasteiger partial charge in [-0.3, -0.25) is 0 Å². The van der Waals surface area contributed by atoms with Crippen LogP contribution in [0.15, 0.2) is 0 Å². The molecule has 0 saturated carbocycles. The maximum absolute atomic E-state index is 10.8. The van der Waals surface area contributed by atoms with Crippen molar-refractivity contribution in [2.75, 3.05) is 18.5 Å². The standard InChI is InChI=1S/C12H28ClOP/c1-4-7-10-15(13,14,11-8-5-2)12-9-6-3/h14H,4-12H2,1-3H3. The van der Waals surface area contributed by atoms with Crippen LogP contribution in [0.2, 0.25) is 0 Å². The van der Waals surface area contributed by atoms with Gasteiger partial charge in [0.1, 0.15) is 0 Å². The molecule has 0 amide bonds. The van der Waals surface area contributed by atoms with Crippen molar-refractivity contribution >= 4 is 17.4 Å². The van der Waals surface area contributed by atoms with Crippen LogP contribution in [0.4, 0.5) is 0 Å². The van der Waals surface area contributed by atoms with E-state index in [0.717, 1.165) is 57.0 Å². The van der Waals surface area contributed by atoms with E-state index < -0.39 is 6.18 Å². The van der Waals surface area contributed by atoms with E-state index in [1.165, 1.54) is 0 Å². The minimum atomic E-state index is -2.81. The van der Waals surface area contributed by atoms with Crippen LogP contribution in [0.1, 0.15) is 59.3 Å². The van der Waals surface area contributed by atoms with Crippen molar-refractivity contribution in [3.8, 4) is 0 Å². The van der Waals surface area contributed by atoms with Gasteiger partial charge in [-0.15, -0.1) is 0 Å². The molecule has 0 aromatic carbocycles. The summed E-state index contributed by atoms with van der Waals surface area (Å²) in [5.74, 6) is 0. The van der Waals surface area contributed by atoms with Gasteiger partial charge in [-0.2, -0.15) is 0 Å². The van der Waals surface area contributed by atoms with Gasteiger partial charge in [-0.25, -0.2) is 0 Å². The molecule has 0 aliphatic carbocycles. The summed E-state index contributed by atoms with van der Waals surface area (Å²) in [7, 11) is 0. The van der Waals surface area contributed by atoms with Crippen LogP contribution in [0.3, 0.4) is 0 Å². The Hall–Kier alpha value is 0.680. The minimum absolute atomic E-state index is 0.865. The third-order valence-electron chi connectivity index (χ3n) is 3.04. The summed E-state index contributed by atoms with van der Waals surface area (Å²) in [5, 5.41) is 0. The zero-order chi connectivity index (χ0) is 11.8. The predicted octanol–water partition coefficient (Wildman–Crippen LogP) is 5.00. The number of unbranched alkanes of at least 4 members (excludes halogenated alkanes) is 3. The van der Waals surface area contributed by atoms with Gasteiger partial charge in [0.25, 0.3) is 0 Å². The zero-order valence-corrected chi connectivity index (χ0v) is 12.3. The van der Waals surface area contributed by atoms with Crippen molar-refractivity contribution in [1.29, 1.82) is 0 Å². The van der Waals surface area contributed by atoms with Crippen molar-refractivity contribution in [1.82, 2.24) is 0 Å². The van der Waals surface area contributed by atoms with E-state index in [-0.39, 0.29) is 0 Å². The molecular formula is C12H28ClOP.